The fourth-order valence-electron chi connectivity index (χ4n) is 2.15. The zero-order valence-corrected chi connectivity index (χ0v) is 11.7. The Morgan fingerprint density at radius 2 is 2.10 bits per heavy atom. The second-order valence-corrected chi connectivity index (χ2v) is 4.77. The van der Waals surface area contributed by atoms with Crippen LogP contribution >= 0.6 is 11.6 Å². The minimum absolute atomic E-state index is 0.0987. The molecule has 0 aliphatic heterocycles. The van der Waals surface area contributed by atoms with E-state index in [-0.39, 0.29) is 22.0 Å². The molecule has 0 unspecified atom stereocenters. The van der Waals surface area contributed by atoms with Gasteiger partial charge in [0.2, 0.25) is 0 Å². The number of rotatable bonds is 2. The Kier molecular flexibility index (Phi) is 3.13. The molecule has 0 bridgehead atoms. The first-order chi connectivity index (χ1) is 10.0. The summed E-state index contributed by atoms with van der Waals surface area (Å²) in [5.74, 6) is -0.357. The van der Waals surface area contributed by atoms with E-state index in [9.17, 15) is 14.0 Å². The van der Waals surface area contributed by atoms with Gasteiger partial charge in [0.15, 0.2) is 5.65 Å². The van der Waals surface area contributed by atoms with Crippen molar-refractivity contribution in [1.29, 1.82) is 0 Å². The first kappa shape index (κ1) is 13.6. The molecular formula is C13H10ClFN4O2. The van der Waals surface area contributed by atoms with Gasteiger partial charge >= 0.3 is 5.69 Å². The highest BCUT2D eigenvalue weighted by Crippen LogP contribution is 2.28. The lowest BCUT2D eigenvalue weighted by atomic mass is 10.2. The molecule has 0 spiro atoms. The molecule has 0 saturated carbocycles. The quantitative estimate of drug-likeness (QED) is 0.758. The van der Waals surface area contributed by atoms with Gasteiger partial charge in [-0.15, -0.1) is 0 Å². The van der Waals surface area contributed by atoms with Crippen LogP contribution in [0.4, 0.5) is 4.39 Å². The maximum atomic E-state index is 13.5. The number of aryl methyl sites for hydroxylation is 1. The Labute approximate surface area is 122 Å². The lowest BCUT2D eigenvalue weighted by Gasteiger charge is -2.01. The average Bonchev–Trinajstić information content (AvgIpc) is 2.87. The maximum absolute atomic E-state index is 13.5. The minimum atomic E-state index is -0.587. The van der Waals surface area contributed by atoms with Gasteiger partial charge in [-0.05, 0) is 19.1 Å². The van der Waals surface area contributed by atoms with Crippen molar-refractivity contribution < 1.29 is 4.39 Å². The number of aromatic amines is 2. The van der Waals surface area contributed by atoms with Crippen molar-refractivity contribution in [1.82, 2.24) is 19.5 Å². The van der Waals surface area contributed by atoms with Crippen LogP contribution < -0.4 is 11.2 Å². The Morgan fingerprint density at radius 1 is 1.33 bits per heavy atom. The highest BCUT2D eigenvalue weighted by Gasteiger charge is 2.16. The summed E-state index contributed by atoms with van der Waals surface area (Å²) in [6.45, 7) is 2.09. The standard InChI is InChI=1S/C13H10ClFN4O2/c1-2-19-11-9(12(20)18-13(19)21)16-10(17-11)6-4-3-5-7(15)8(6)14/h3-5H,2H2,1H3,(H,16,17)(H,18,20,21). The van der Waals surface area contributed by atoms with E-state index in [1.54, 1.807) is 13.0 Å². The van der Waals surface area contributed by atoms with E-state index in [1.807, 2.05) is 0 Å². The number of fused-ring (bicyclic) bond motifs is 1. The fourth-order valence-corrected chi connectivity index (χ4v) is 2.36. The van der Waals surface area contributed by atoms with Gasteiger partial charge in [-0.25, -0.2) is 14.2 Å². The summed E-state index contributed by atoms with van der Waals surface area (Å²) in [6.07, 6.45) is 0. The van der Waals surface area contributed by atoms with Crippen molar-refractivity contribution in [2.45, 2.75) is 13.5 Å². The highest BCUT2D eigenvalue weighted by molar-refractivity contribution is 6.33. The third kappa shape index (κ3) is 2.06. The van der Waals surface area contributed by atoms with Crippen LogP contribution in [0.3, 0.4) is 0 Å². The molecule has 3 aromatic rings. The van der Waals surface area contributed by atoms with Crippen LogP contribution in [-0.2, 0) is 6.54 Å². The minimum Gasteiger partial charge on any atom is -0.332 e. The Hall–Kier alpha value is -2.41. The molecule has 0 aliphatic carbocycles. The number of halogens is 2. The van der Waals surface area contributed by atoms with Crippen LogP contribution in [0.5, 0.6) is 0 Å². The molecule has 1 aromatic carbocycles. The van der Waals surface area contributed by atoms with E-state index < -0.39 is 17.1 Å². The first-order valence-electron chi connectivity index (χ1n) is 6.20. The van der Waals surface area contributed by atoms with Crippen molar-refractivity contribution in [2.75, 3.05) is 0 Å². The number of nitrogens with zero attached hydrogens (tertiary/aromatic N) is 2. The van der Waals surface area contributed by atoms with Gasteiger partial charge in [0, 0.05) is 12.1 Å². The molecule has 2 aromatic heterocycles. The number of hydrogen-bond acceptors (Lipinski definition) is 3. The van der Waals surface area contributed by atoms with Crippen LogP contribution in [0.25, 0.3) is 22.6 Å². The monoisotopic (exact) mass is 308 g/mol. The van der Waals surface area contributed by atoms with Crippen LogP contribution in [0, 0.1) is 5.82 Å². The molecule has 2 heterocycles. The molecule has 0 fully saturated rings. The molecule has 2 N–H and O–H groups in total. The second-order valence-electron chi connectivity index (χ2n) is 4.39. The molecule has 8 heteroatoms. The van der Waals surface area contributed by atoms with Gasteiger partial charge in [0.1, 0.15) is 17.2 Å². The van der Waals surface area contributed by atoms with E-state index in [2.05, 4.69) is 15.0 Å². The van der Waals surface area contributed by atoms with Gasteiger partial charge in [0.25, 0.3) is 5.56 Å². The van der Waals surface area contributed by atoms with Crippen molar-refractivity contribution in [3.63, 3.8) is 0 Å². The fraction of sp³-hybridized carbons (Fsp3) is 0.154. The number of aromatic nitrogens is 4. The van der Waals surface area contributed by atoms with E-state index in [4.69, 9.17) is 11.6 Å². The van der Waals surface area contributed by atoms with E-state index in [0.717, 1.165) is 0 Å². The lowest BCUT2D eigenvalue weighted by Crippen LogP contribution is -2.29. The predicted octanol–water partition coefficient (Wildman–Crippen LogP) is 1.89. The molecule has 6 nitrogen and oxygen atoms in total. The van der Waals surface area contributed by atoms with Crippen molar-refractivity contribution in [3.8, 4) is 11.4 Å². The number of hydrogen-bond donors (Lipinski definition) is 2. The largest absolute Gasteiger partial charge is 0.332 e. The summed E-state index contributed by atoms with van der Waals surface area (Å²) in [6, 6.07) is 4.29. The first-order valence-corrected chi connectivity index (χ1v) is 6.58. The smallest absolute Gasteiger partial charge is 0.330 e. The molecule has 0 atom stereocenters. The molecule has 108 valence electrons. The zero-order valence-electron chi connectivity index (χ0n) is 10.9. The van der Waals surface area contributed by atoms with E-state index >= 15 is 0 Å². The van der Waals surface area contributed by atoms with Crippen molar-refractivity contribution in [3.05, 3.63) is 49.9 Å². The molecule has 0 saturated heterocycles. The number of benzene rings is 1. The third-order valence-electron chi connectivity index (χ3n) is 3.16. The maximum Gasteiger partial charge on any atom is 0.330 e. The topological polar surface area (TPSA) is 83.5 Å². The van der Waals surface area contributed by atoms with Crippen LogP contribution in [-0.4, -0.2) is 19.5 Å². The summed E-state index contributed by atoms with van der Waals surface area (Å²) in [5, 5.41) is -0.0987. The van der Waals surface area contributed by atoms with Gasteiger partial charge in [-0.2, -0.15) is 0 Å². The molecular weight excluding hydrogens is 299 g/mol. The van der Waals surface area contributed by atoms with Gasteiger partial charge < -0.3 is 4.98 Å². The Bertz CT molecular complexity index is 957. The summed E-state index contributed by atoms with van der Waals surface area (Å²) in [4.78, 5) is 32.7. The lowest BCUT2D eigenvalue weighted by molar-refractivity contribution is 0.628. The van der Waals surface area contributed by atoms with Gasteiger partial charge in [0.05, 0.1) is 5.02 Å². The summed E-state index contributed by atoms with van der Waals surface area (Å²) < 4.78 is 14.8. The van der Waals surface area contributed by atoms with Crippen molar-refractivity contribution in [2.24, 2.45) is 0 Å². The second kappa shape index (κ2) is 4.85. The normalized spacial score (nSPS) is 11.2. The van der Waals surface area contributed by atoms with Crippen LogP contribution in [0.15, 0.2) is 27.8 Å². The average molecular weight is 309 g/mol. The van der Waals surface area contributed by atoms with Crippen LogP contribution in [0.1, 0.15) is 6.92 Å². The third-order valence-corrected chi connectivity index (χ3v) is 3.54. The number of nitrogens with one attached hydrogen (secondary N) is 2. The molecule has 3 rings (SSSR count). The number of imidazole rings is 1. The number of H-pyrrole nitrogens is 2. The summed E-state index contributed by atoms with van der Waals surface area (Å²) >= 11 is 5.91. The highest BCUT2D eigenvalue weighted by atomic mass is 35.5. The predicted molar refractivity (Wildman–Crippen MR) is 77.1 cm³/mol. The Morgan fingerprint density at radius 3 is 2.81 bits per heavy atom. The summed E-state index contributed by atoms with van der Waals surface area (Å²) in [7, 11) is 0. The van der Waals surface area contributed by atoms with Crippen LogP contribution in [0.2, 0.25) is 5.02 Å². The zero-order chi connectivity index (χ0) is 15.1. The molecule has 0 radical (unpaired) electrons. The van der Waals surface area contributed by atoms with E-state index in [0.29, 0.717) is 12.1 Å². The van der Waals surface area contributed by atoms with Gasteiger partial charge in [-0.3, -0.25) is 14.3 Å². The van der Waals surface area contributed by atoms with E-state index in [1.165, 1.54) is 16.7 Å². The summed E-state index contributed by atoms with van der Waals surface area (Å²) in [5.41, 5.74) is -0.444. The molecule has 21 heavy (non-hydrogen) atoms. The van der Waals surface area contributed by atoms with Gasteiger partial charge in [-0.1, -0.05) is 17.7 Å². The molecule has 0 amide bonds. The Balaban J connectivity index is 2.37. The molecule has 0 aliphatic rings. The van der Waals surface area contributed by atoms with Crippen molar-refractivity contribution >= 4 is 22.8 Å². The SMILES string of the molecule is CCn1c(=O)[nH]c(=O)c2[nH]c(-c3cccc(F)c3Cl)nc21.